The summed E-state index contributed by atoms with van der Waals surface area (Å²) in [5, 5.41) is 9.56. The molecule has 3 heterocycles. The summed E-state index contributed by atoms with van der Waals surface area (Å²) in [6, 6.07) is 3.11. The standard InChI is InChI=1S/C20H30N4O3/c1-15(25)18(21)19(27)23-12-7-20(8-13-23)6-2-17(26)24(14-20)11-5-16-3-9-22-10-4-16/h3-4,9-10,15,18,25H,2,5-8,11-14,21H2,1H3/t15-,18+/m1/s1. The lowest BCUT2D eigenvalue weighted by atomic mass is 9.72. The molecule has 2 atom stereocenters. The van der Waals surface area contributed by atoms with Crippen molar-refractivity contribution in [2.75, 3.05) is 26.2 Å². The quantitative estimate of drug-likeness (QED) is 0.785. The van der Waals surface area contributed by atoms with Gasteiger partial charge in [0.25, 0.3) is 0 Å². The predicted molar refractivity (Wildman–Crippen MR) is 102 cm³/mol. The van der Waals surface area contributed by atoms with Crippen LogP contribution in [0.4, 0.5) is 0 Å². The molecule has 1 aromatic heterocycles. The predicted octanol–water partition coefficient (Wildman–Crippen LogP) is 0.563. The van der Waals surface area contributed by atoms with Crippen LogP contribution in [0.15, 0.2) is 24.5 Å². The summed E-state index contributed by atoms with van der Waals surface area (Å²) in [7, 11) is 0. The number of aliphatic hydroxyl groups excluding tert-OH is 1. The van der Waals surface area contributed by atoms with Crippen LogP contribution in [0.5, 0.6) is 0 Å². The molecule has 2 amide bonds. The fraction of sp³-hybridized carbons (Fsp3) is 0.650. The van der Waals surface area contributed by atoms with Gasteiger partial charge in [0.15, 0.2) is 0 Å². The van der Waals surface area contributed by atoms with Gasteiger partial charge >= 0.3 is 0 Å². The largest absolute Gasteiger partial charge is 0.391 e. The summed E-state index contributed by atoms with van der Waals surface area (Å²) >= 11 is 0. The van der Waals surface area contributed by atoms with E-state index in [9.17, 15) is 14.7 Å². The highest BCUT2D eigenvalue weighted by atomic mass is 16.3. The maximum atomic E-state index is 12.4. The monoisotopic (exact) mass is 374 g/mol. The number of aliphatic hydroxyl groups is 1. The molecule has 7 heteroatoms. The van der Waals surface area contributed by atoms with Crippen molar-refractivity contribution in [1.82, 2.24) is 14.8 Å². The number of aromatic nitrogens is 1. The Hall–Kier alpha value is -1.99. The molecule has 0 aromatic carbocycles. The topological polar surface area (TPSA) is 99.8 Å². The van der Waals surface area contributed by atoms with E-state index in [4.69, 9.17) is 5.73 Å². The number of nitrogens with two attached hydrogens (primary N) is 1. The minimum atomic E-state index is -0.858. The molecule has 0 aliphatic carbocycles. The zero-order chi connectivity index (χ0) is 19.4. The molecule has 3 rings (SSSR count). The Morgan fingerprint density at radius 2 is 1.96 bits per heavy atom. The molecule has 148 valence electrons. The van der Waals surface area contributed by atoms with E-state index in [0.29, 0.717) is 19.5 Å². The van der Waals surface area contributed by atoms with E-state index in [1.165, 1.54) is 5.56 Å². The maximum Gasteiger partial charge on any atom is 0.242 e. The molecule has 2 saturated heterocycles. The maximum absolute atomic E-state index is 12.4. The third-order valence-corrected chi connectivity index (χ3v) is 6.11. The van der Waals surface area contributed by atoms with Crippen LogP contribution >= 0.6 is 0 Å². The van der Waals surface area contributed by atoms with E-state index < -0.39 is 12.1 Å². The van der Waals surface area contributed by atoms with Gasteiger partial charge in [0.05, 0.1) is 6.10 Å². The fourth-order valence-corrected chi connectivity index (χ4v) is 4.15. The van der Waals surface area contributed by atoms with Crippen LogP contribution in [0, 0.1) is 5.41 Å². The summed E-state index contributed by atoms with van der Waals surface area (Å²) in [5.41, 5.74) is 7.08. The molecular weight excluding hydrogens is 344 g/mol. The van der Waals surface area contributed by atoms with Crippen LogP contribution < -0.4 is 5.73 Å². The Morgan fingerprint density at radius 1 is 1.30 bits per heavy atom. The Labute approximate surface area is 160 Å². The molecule has 1 aromatic rings. The molecule has 0 bridgehead atoms. The third kappa shape index (κ3) is 4.65. The number of rotatable bonds is 5. The number of pyridine rings is 1. The number of nitrogens with zero attached hydrogens (tertiary/aromatic N) is 3. The molecule has 1 spiro atoms. The number of piperidine rings is 2. The van der Waals surface area contributed by atoms with E-state index in [2.05, 4.69) is 4.98 Å². The molecular formula is C20H30N4O3. The second-order valence-corrected chi connectivity index (χ2v) is 8.01. The minimum Gasteiger partial charge on any atom is -0.391 e. The van der Waals surface area contributed by atoms with Gasteiger partial charge in [-0.05, 0) is 55.7 Å². The van der Waals surface area contributed by atoms with E-state index in [-0.39, 0.29) is 17.2 Å². The molecule has 27 heavy (non-hydrogen) atoms. The van der Waals surface area contributed by atoms with Gasteiger partial charge in [0.2, 0.25) is 11.8 Å². The van der Waals surface area contributed by atoms with Crippen molar-refractivity contribution in [2.24, 2.45) is 11.1 Å². The smallest absolute Gasteiger partial charge is 0.242 e. The number of hydrogen-bond donors (Lipinski definition) is 2. The van der Waals surface area contributed by atoms with Gasteiger partial charge in [0.1, 0.15) is 6.04 Å². The number of carbonyl (C=O) groups is 2. The SMILES string of the molecule is C[C@@H](O)[C@H](N)C(=O)N1CCC2(CCC(=O)N(CCc3ccncc3)C2)CC1. The second-order valence-electron chi connectivity index (χ2n) is 8.01. The van der Waals surface area contributed by atoms with Crippen molar-refractivity contribution in [3.63, 3.8) is 0 Å². The molecule has 2 fully saturated rings. The van der Waals surface area contributed by atoms with Crippen molar-refractivity contribution < 1.29 is 14.7 Å². The van der Waals surface area contributed by atoms with Crippen LogP contribution in [-0.4, -0.2) is 70.0 Å². The first kappa shape index (κ1) is 19.8. The van der Waals surface area contributed by atoms with Crippen molar-refractivity contribution in [3.8, 4) is 0 Å². The average Bonchev–Trinajstić information content (AvgIpc) is 2.69. The van der Waals surface area contributed by atoms with Gasteiger partial charge < -0.3 is 20.6 Å². The number of amides is 2. The lowest BCUT2D eigenvalue weighted by molar-refractivity contribution is -0.143. The number of carbonyl (C=O) groups excluding carboxylic acids is 2. The number of hydrogen-bond acceptors (Lipinski definition) is 5. The molecule has 0 unspecified atom stereocenters. The highest BCUT2D eigenvalue weighted by Crippen LogP contribution is 2.40. The van der Waals surface area contributed by atoms with Crippen LogP contribution in [0.25, 0.3) is 0 Å². The summed E-state index contributed by atoms with van der Waals surface area (Å²) in [5.74, 6) is 0.0468. The van der Waals surface area contributed by atoms with E-state index in [1.54, 1.807) is 24.2 Å². The summed E-state index contributed by atoms with van der Waals surface area (Å²) < 4.78 is 0. The van der Waals surface area contributed by atoms with Gasteiger partial charge in [-0.2, -0.15) is 0 Å². The van der Waals surface area contributed by atoms with Crippen LogP contribution in [-0.2, 0) is 16.0 Å². The van der Waals surface area contributed by atoms with Crippen molar-refractivity contribution in [1.29, 1.82) is 0 Å². The molecule has 2 aliphatic rings. The Kier molecular flexibility index (Phi) is 6.11. The highest BCUT2D eigenvalue weighted by Gasteiger charge is 2.42. The fourth-order valence-electron chi connectivity index (χ4n) is 4.15. The normalized spacial score (nSPS) is 22.0. The zero-order valence-electron chi connectivity index (χ0n) is 16.0. The first-order chi connectivity index (χ1) is 12.9. The minimum absolute atomic E-state index is 0.0951. The lowest BCUT2D eigenvalue weighted by Gasteiger charge is -2.47. The van der Waals surface area contributed by atoms with Crippen molar-refractivity contribution in [3.05, 3.63) is 30.1 Å². The Balaban J connectivity index is 1.56. The van der Waals surface area contributed by atoms with Gasteiger partial charge in [-0.25, -0.2) is 0 Å². The lowest BCUT2D eigenvalue weighted by Crippen LogP contribution is -2.56. The summed E-state index contributed by atoms with van der Waals surface area (Å²) in [4.78, 5) is 32.5. The van der Waals surface area contributed by atoms with Gasteiger partial charge in [-0.3, -0.25) is 14.6 Å². The van der Waals surface area contributed by atoms with E-state index in [1.807, 2.05) is 17.0 Å². The van der Waals surface area contributed by atoms with Crippen LogP contribution in [0.2, 0.25) is 0 Å². The highest BCUT2D eigenvalue weighted by molar-refractivity contribution is 5.82. The second kappa shape index (κ2) is 8.35. The zero-order valence-corrected chi connectivity index (χ0v) is 16.0. The first-order valence-electron chi connectivity index (χ1n) is 9.79. The summed E-state index contributed by atoms with van der Waals surface area (Å²) in [6.07, 6.45) is 6.77. The van der Waals surface area contributed by atoms with Crippen LogP contribution in [0.1, 0.15) is 38.2 Å². The Morgan fingerprint density at radius 3 is 2.59 bits per heavy atom. The van der Waals surface area contributed by atoms with Gasteiger partial charge in [0, 0.05) is 45.0 Å². The van der Waals surface area contributed by atoms with Crippen molar-refractivity contribution >= 4 is 11.8 Å². The van der Waals surface area contributed by atoms with E-state index >= 15 is 0 Å². The molecule has 0 radical (unpaired) electrons. The van der Waals surface area contributed by atoms with E-state index in [0.717, 1.165) is 38.8 Å². The Bertz CT molecular complexity index is 656. The number of likely N-dealkylation sites (tertiary alicyclic amines) is 2. The molecule has 0 saturated carbocycles. The molecule has 2 aliphatic heterocycles. The van der Waals surface area contributed by atoms with Gasteiger partial charge in [-0.15, -0.1) is 0 Å². The van der Waals surface area contributed by atoms with Crippen LogP contribution in [0.3, 0.4) is 0 Å². The third-order valence-electron chi connectivity index (χ3n) is 6.11. The molecule has 3 N–H and O–H groups in total. The van der Waals surface area contributed by atoms with Gasteiger partial charge in [-0.1, -0.05) is 0 Å². The summed E-state index contributed by atoms with van der Waals surface area (Å²) in [6.45, 7) is 4.32. The molecule has 7 nitrogen and oxygen atoms in total. The average molecular weight is 374 g/mol. The van der Waals surface area contributed by atoms with Crippen molar-refractivity contribution in [2.45, 2.75) is 51.2 Å². The first-order valence-corrected chi connectivity index (χ1v) is 9.79.